The summed E-state index contributed by atoms with van der Waals surface area (Å²) in [5.74, 6) is -1.40. The zero-order valence-corrected chi connectivity index (χ0v) is 13.8. The van der Waals surface area contributed by atoms with Crippen LogP contribution in [0.15, 0.2) is 0 Å². The van der Waals surface area contributed by atoms with Gasteiger partial charge in [0.1, 0.15) is 0 Å². The van der Waals surface area contributed by atoms with Crippen molar-refractivity contribution in [3.8, 4) is 0 Å². The second-order valence-electron chi connectivity index (χ2n) is 7.76. The van der Waals surface area contributed by atoms with E-state index in [-0.39, 0.29) is 23.5 Å². The molecule has 1 saturated carbocycles. The Kier molecular flexibility index (Phi) is 6.05. The first-order chi connectivity index (χ1) is 9.61. The van der Waals surface area contributed by atoms with Crippen LogP contribution in [0.2, 0.25) is 0 Å². The zero-order chi connectivity index (χ0) is 16.1. The van der Waals surface area contributed by atoms with Crippen LogP contribution in [-0.2, 0) is 4.79 Å². The molecule has 3 N–H and O–H groups in total. The molecule has 0 heterocycles. The van der Waals surface area contributed by atoms with E-state index >= 15 is 0 Å². The molecule has 0 spiro atoms. The van der Waals surface area contributed by atoms with Gasteiger partial charge in [0, 0.05) is 12.1 Å². The summed E-state index contributed by atoms with van der Waals surface area (Å²) >= 11 is 0. The molecule has 21 heavy (non-hydrogen) atoms. The predicted molar refractivity (Wildman–Crippen MR) is 83.2 cm³/mol. The second-order valence-corrected chi connectivity index (χ2v) is 7.76. The first-order valence-corrected chi connectivity index (χ1v) is 7.90. The molecule has 0 bridgehead atoms. The highest BCUT2D eigenvalue weighted by atomic mass is 16.4. The average Bonchev–Trinajstić information content (AvgIpc) is 2.33. The molecule has 0 aromatic carbocycles. The molecule has 0 saturated heterocycles. The van der Waals surface area contributed by atoms with Crippen molar-refractivity contribution in [3.05, 3.63) is 0 Å². The highest BCUT2D eigenvalue weighted by Crippen LogP contribution is 2.27. The van der Waals surface area contributed by atoms with Gasteiger partial charge in [0.25, 0.3) is 0 Å². The largest absolute Gasteiger partial charge is 0.481 e. The van der Waals surface area contributed by atoms with E-state index in [9.17, 15) is 14.7 Å². The number of carbonyl (C=O) groups is 2. The van der Waals surface area contributed by atoms with Gasteiger partial charge in [-0.3, -0.25) is 4.79 Å². The minimum Gasteiger partial charge on any atom is -0.481 e. The molecule has 1 unspecified atom stereocenters. The van der Waals surface area contributed by atoms with Gasteiger partial charge in [-0.2, -0.15) is 0 Å². The van der Waals surface area contributed by atoms with Gasteiger partial charge in [-0.1, -0.05) is 40.0 Å². The van der Waals surface area contributed by atoms with Crippen LogP contribution in [0.5, 0.6) is 0 Å². The van der Waals surface area contributed by atoms with E-state index in [4.69, 9.17) is 0 Å². The number of carbonyl (C=O) groups excluding carboxylic acids is 1. The van der Waals surface area contributed by atoms with Gasteiger partial charge in [-0.15, -0.1) is 0 Å². The van der Waals surface area contributed by atoms with E-state index in [1.54, 1.807) is 0 Å². The van der Waals surface area contributed by atoms with Crippen LogP contribution in [0, 0.1) is 11.3 Å². The Labute approximate surface area is 127 Å². The molecule has 1 aliphatic carbocycles. The van der Waals surface area contributed by atoms with Crippen LogP contribution < -0.4 is 10.6 Å². The summed E-state index contributed by atoms with van der Waals surface area (Å²) in [5.41, 5.74) is -0.221. The van der Waals surface area contributed by atoms with E-state index in [0.29, 0.717) is 6.42 Å². The van der Waals surface area contributed by atoms with Gasteiger partial charge in [0.2, 0.25) is 0 Å². The van der Waals surface area contributed by atoms with Crippen LogP contribution in [-0.4, -0.2) is 29.2 Å². The van der Waals surface area contributed by atoms with Crippen LogP contribution >= 0.6 is 0 Å². The van der Waals surface area contributed by atoms with E-state index < -0.39 is 11.9 Å². The monoisotopic (exact) mass is 298 g/mol. The van der Waals surface area contributed by atoms with Gasteiger partial charge < -0.3 is 15.7 Å². The fourth-order valence-electron chi connectivity index (χ4n) is 2.98. The SMILES string of the molecule is CC(C)(C)CC(CNC(=O)NC1(C)CCCCC1)C(=O)O. The first kappa shape index (κ1) is 17.8. The second kappa shape index (κ2) is 7.14. The van der Waals surface area contributed by atoms with E-state index in [0.717, 1.165) is 25.7 Å². The Bertz CT molecular complexity index is 368. The minimum absolute atomic E-state index is 0.0729. The molecule has 122 valence electrons. The van der Waals surface area contributed by atoms with Gasteiger partial charge in [-0.05, 0) is 31.6 Å². The number of hydrogen-bond acceptors (Lipinski definition) is 2. The summed E-state index contributed by atoms with van der Waals surface area (Å²) in [7, 11) is 0. The van der Waals surface area contributed by atoms with Crippen molar-refractivity contribution >= 4 is 12.0 Å². The van der Waals surface area contributed by atoms with E-state index in [2.05, 4.69) is 17.6 Å². The van der Waals surface area contributed by atoms with Crippen molar-refractivity contribution < 1.29 is 14.7 Å². The van der Waals surface area contributed by atoms with Crippen molar-refractivity contribution in [1.82, 2.24) is 10.6 Å². The topological polar surface area (TPSA) is 78.4 Å². The summed E-state index contributed by atoms with van der Waals surface area (Å²) < 4.78 is 0. The van der Waals surface area contributed by atoms with Crippen LogP contribution in [0.1, 0.15) is 66.2 Å². The maximum atomic E-state index is 12.0. The van der Waals surface area contributed by atoms with Crippen molar-refractivity contribution in [2.24, 2.45) is 11.3 Å². The Hall–Kier alpha value is -1.26. The number of hydrogen-bond donors (Lipinski definition) is 3. The lowest BCUT2D eigenvalue weighted by atomic mass is 9.83. The highest BCUT2D eigenvalue weighted by molar-refractivity contribution is 5.76. The fraction of sp³-hybridized carbons (Fsp3) is 0.875. The van der Waals surface area contributed by atoms with Crippen LogP contribution in [0.25, 0.3) is 0 Å². The maximum Gasteiger partial charge on any atom is 0.315 e. The number of carboxylic acids is 1. The Morgan fingerprint density at radius 2 is 1.76 bits per heavy atom. The summed E-state index contributed by atoms with van der Waals surface area (Å²) in [6, 6.07) is -0.250. The van der Waals surface area contributed by atoms with Gasteiger partial charge in [-0.25, -0.2) is 4.79 Å². The minimum atomic E-state index is -0.853. The molecule has 5 heteroatoms. The molecule has 1 atom stereocenters. The molecule has 1 fully saturated rings. The highest BCUT2D eigenvalue weighted by Gasteiger charge is 2.29. The Morgan fingerprint density at radius 3 is 2.24 bits per heavy atom. The number of carboxylic acid groups (broad SMARTS) is 1. The molecule has 1 rings (SSSR count). The molecule has 0 aromatic rings. The Balaban J connectivity index is 2.44. The lowest BCUT2D eigenvalue weighted by Crippen LogP contribution is -2.52. The molecule has 0 aliphatic heterocycles. The molecule has 5 nitrogen and oxygen atoms in total. The smallest absolute Gasteiger partial charge is 0.315 e. The number of nitrogens with one attached hydrogen (secondary N) is 2. The number of amides is 2. The quantitative estimate of drug-likeness (QED) is 0.729. The summed E-state index contributed by atoms with van der Waals surface area (Å²) in [5, 5.41) is 15.0. The molecular weight excluding hydrogens is 268 g/mol. The molecule has 1 aliphatic rings. The number of rotatable bonds is 5. The lowest BCUT2D eigenvalue weighted by molar-refractivity contribution is -0.142. The van der Waals surface area contributed by atoms with Gasteiger partial charge >= 0.3 is 12.0 Å². The third-order valence-corrected chi connectivity index (χ3v) is 4.09. The lowest BCUT2D eigenvalue weighted by Gasteiger charge is -2.34. The average molecular weight is 298 g/mol. The fourth-order valence-corrected chi connectivity index (χ4v) is 2.98. The van der Waals surface area contributed by atoms with Crippen LogP contribution in [0.4, 0.5) is 4.79 Å². The molecular formula is C16H30N2O3. The zero-order valence-electron chi connectivity index (χ0n) is 13.8. The number of aliphatic carboxylic acids is 1. The van der Waals surface area contributed by atoms with Crippen molar-refractivity contribution in [1.29, 1.82) is 0 Å². The summed E-state index contributed by atoms with van der Waals surface area (Å²) in [6.45, 7) is 8.26. The maximum absolute atomic E-state index is 12.0. The predicted octanol–water partition coefficient (Wildman–Crippen LogP) is 3.15. The number of urea groups is 1. The third-order valence-electron chi connectivity index (χ3n) is 4.09. The summed E-state index contributed by atoms with van der Waals surface area (Å²) in [4.78, 5) is 23.3. The third kappa shape index (κ3) is 6.82. The molecule has 0 radical (unpaired) electrons. The van der Waals surface area contributed by atoms with Crippen LogP contribution in [0.3, 0.4) is 0 Å². The normalized spacial score (nSPS) is 19.6. The van der Waals surface area contributed by atoms with Gasteiger partial charge in [0.05, 0.1) is 5.92 Å². The van der Waals surface area contributed by atoms with Crippen molar-refractivity contribution in [2.45, 2.75) is 71.8 Å². The summed E-state index contributed by atoms with van der Waals surface area (Å²) in [6.07, 6.45) is 6.03. The molecule has 0 aromatic heterocycles. The first-order valence-electron chi connectivity index (χ1n) is 7.90. The van der Waals surface area contributed by atoms with Crippen molar-refractivity contribution in [2.75, 3.05) is 6.54 Å². The van der Waals surface area contributed by atoms with Gasteiger partial charge in [0.15, 0.2) is 0 Å². The molecule has 2 amide bonds. The standard InChI is InChI=1S/C16H30N2O3/c1-15(2,3)10-12(13(19)20)11-17-14(21)18-16(4)8-6-5-7-9-16/h12H,5-11H2,1-4H3,(H,19,20)(H2,17,18,21). The van der Waals surface area contributed by atoms with E-state index in [1.165, 1.54) is 6.42 Å². The Morgan fingerprint density at radius 1 is 1.19 bits per heavy atom. The van der Waals surface area contributed by atoms with Crippen molar-refractivity contribution in [3.63, 3.8) is 0 Å². The van der Waals surface area contributed by atoms with E-state index in [1.807, 2.05) is 20.8 Å².